The van der Waals surface area contributed by atoms with Crippen molar-refractivity contribution < 1.29 is 14.3 Å². The van der Waals surface area contributed by atoms with Gasteiger partial charge in [-0.3, -0.25) is 14.5 Å². The van der Waals surface area contributed by atoms with Gasteiger partial charge in [-0.05, 0) is 26.3 Å². The zero-order valence-electron chi connectivity index (χ0n) is 17.3. The summed E-state index contributed by atoms with van der Waals surface area (Å²) in [6.45, 7) is 6.38. The molecule has 1 aromatic heterocycles. The van der Waals surface area contributed by atoms with Gasteiger partial charge in [0, 0.05) is 30.6 Å². The SMILES string of the molecule is Cc1ccc(-c2csc(NC(=O)CN3CCCC(C(=O)N4CCOCC4)C3)n2)cc1. The molecule has 2 aromatic rings. The maximum atomic E-state index is 12.8. The average molecular weight is 429 g/mol. The van der Waals surface area contributed by atoms with E-state index >= 15 is 0 Å². The monoisotopic (exact) mass is 428 g/mol. The van der Waals surface area contributed by atoms with Crippen LogP contribution in [-0.4, -0.2) is 72.5 Å². The van der Waals surface area contributed by atoms with Crippen molar-refractivity contribution in [2.24, 2.45) is 5.92 Å². The number of thiazole rings is 1. The molecule has 1 aromatic carbocycles. The third-order valence-corrected chi connectivity index (χ3v) is 6.40. The van der Waals surface area contributed by atoms with Gasteiger partial charge in [-0.25, -0.2) is 4.98 Å². The Morgan fingerprint density at radius 3 is 2.73 bits per heavy atom. The Morgan fingerprint density at radius 2 is 1.97 bits per heavy atom. The maximum Gasteiger partial charge on any atom is 0.240 e. The predicted octanol–water partition coefficient (Wildman–Crippen LogP) is 2.63. The predicted molar refractivity (Wildman–Crippen MR) is 117 cm³/mol. The van der Waals surface area contributed by atoms with Crippen LogP contribution in [0.3, 0.4) is 0 Å². The number of nitrogens with one attached hydrogen (secondary N) is 1. The lowest BCUT2D eigenvalue weighted by Crippen LogP contribution is -2.49. The summed E-state index contributed by atoms with van der Waals surface area (Å²) in [6, 6.07) is 8.18. The summed E-state index contributed by atoms with van der Waals surface area (Å²) in [5.74, 6) is 0.0861. The molecule has 0 saturated carbocycles. The third-order valence-electron chi connectivity index (χ3n) is 5.64. The summed E-state index contributed by atoms with van der Waals surface area (Å²) in [6.07, 6.45) is 1.82. The minimum Gasteiger partial charge on any atom is -0.378 e. The molecule has 160 valence electrons. The van der Waals surface area contributed by atoms with Crippen molar-refractivity contribution in [2.45, 2.75) is 19.8 Å². The number of carbonyl (C=O) groups excluding carboxylic acids is 2. The fraction of sp³-hybridized carbons (Fsp3) is 0.500. The highest BCUT2D eigenvalue weighted by atomic mass is 32.1. The fourth-order valence-electron chi connectivity index (χ4n) is 3.99. The lowest BCUT2D eigenvalue weighted by atomic mass is 9.96. The van der Waals surface area contributed by atoms with Crippen LogP contribution in [0, 0.1) is 12.8 Å². The van der Waals surface area contributed by atoms with Gasteiger partial charge in [-0.15, -0.1) is 11.3 Å². The third kappa shape index (κ3) is 5.24. The first-order chi connectivity index (χ1) is 14.6. The van der Waals surface area contributed by atoms with Crippen LogP contribution >= 0.6 is 11.3 Å². The van der Waals surface area contributed by atoms with Crippen molar-refractivity contribution in [3.63, 3.8) is 0 Å². The molecule has 0 radical (unpaired) electrons. The summed E-state index contributed by atoms with van der Waals surface area (Å²) >= 11 is 1.43. The summed E-state index contributed by atoms with van der Waals surface area (Å²) in [5.41, 5.74) is 3.11. The van der Waals surface area contributed by atoms with Crippen molar-refractivity contribution in [3.05, 3.63) is 35.2 Å². The zero-order valence-corrected chi connectivity index (χ0v) is 18.1. The average Bonchev–Trinajstić information content (AvgIpc) is 3.22. The Balaban J connectivity index is 1.29. The molecule has 8 heteroatoms. The van der Waals surface area contributed by atoms with Gasteiger partial charge >= 0.3 is 0 Å². The molecular formula is C22H28N4O3S. The minimum atomic E-state index is -0.0840. The second-order valence-corrected chi connectivity index (χ2v) is 8.82. The van der Waals surface area contributed by atoms with Gasteiger partial charge in [0.25, 0.3) is 0 Å². The van der Waals surface area contributed by atoms with Gasteiger partial charge in [-0.2, -0.15) is 0 Å². The van der Waals surface area contributed by atoms with Crippen molar-refractivity contribution in [2.75, 3.05) is 51.3 Å². The molecule has 1 unspecified atom stereocenters. The number of hydrogen-bond acceptors (Lipinski definition) is 6. The number of rotatable bonds is 5. The highest BCUT2D eigenvalue weighted by molar-refractivity contribution is 7.14. The summed E-state index contributed by atoms with van der Waals surface area (Å²) in [4.78, 5) is 33.8. The molecule has 2 saturated heterocycles. The first kappa shape index (κ1) is 21.0. The van der Waals surface area contributed by atoms with E-state index in [1.165, 1.54) is 16.9 Å². The minimum absolute atomic E-state index is 0.0300. The number of aromatic nitrogens is 1. The summed E-state index contributed by atoms with van der Waals surface area (Å²) in [7, 11) is 0. The molecule has 1 N–H and O–H groups in total. The molecular weight excluding hydrogens is 400 g/mol. The number of piperidine rings is 1. The van der Waals surface area contributed by atoms with E-state index in [1.807, 2.05) is 22.4 Å². The Kier molecular flexibility index (Phi) is 6.76. The van der Waals surface area contributed by atoms with Crippen LogP contribution in [0.2, 0.25) is 0 Å². The van der Waals surface area contributed by atoms with Gasteiger partial charge < -0.3 is 15.0 Å². The van der Waals surface area contributed by atoms with E-state index in [1.54, 1.807) is 0 Å². The number of anilines is 1. The van der Waals surface area contributed by atoms with E-state index < -0.39 is 0 Å². The van der Waals surface area contributed by atoms with E-state index in [4.69, 9.17) is 4.74 Å². The molecule has 4 rings (SSSR count). The van der Waals surface area contributed by atoms with Crippen LogP contribution in [0.1, 0.15) is 18.4 Å². The molecule has 2 amide bonds. The molecule has 2 aliphatic heterocycles. The van der Waals surface area contributed by atoms with Gasteiger partial charge in [0.15, 0.2) is 5.13 Å². The number of hydrogen-bond donors (Lipinski definition) is 1. The first-order valence-corrected chi connectivity index (χ1v) is 11.4. The number of amides is 2. The van der Waals surface area contributed by atoms with Crippen LogP contribution in [0.25, 0.3) is 11.3 Å². The molecule has 2 fully saturated rings. The van der Waals surface area contributed by atoms with Crippen molar-refractivity contribution in [1.82, 2.24) is 14.8 Å². The molecule has 30 heavy (non-hydrogen) atoms. The van der Waals surface area contributed by atoms with Crippen LogP contribution in [0.5, 0.6) is 0 Å². The Hall–Kier alpha value is -2.29. The lowest BCUT2D eigenvalue weighted by Gasteiger charge is -2.35. The van der Waals surface area contributed by atoms with Crippen LogP contribution in [0.15, 0.2) is 29.6 Å². The first-order valence-electron chi connectivity index (χ1n) is 10.5. The van der Waals surface area contributed by atoms with Gasteiger partial charge in [-0.1, -0.05) is 29.8 Å². The van der Waals surface area contributed by atoms with Crippen molar-refractivity contribution in [3.8, 4) is 11.3 Å². The van der Waals surface area contributed by atoms with Crippen LogP contribution < -0.4 is 5.32 Å². The molecule has 0 spiro atoms. The molecule has 7 nitrogen and oxygen atoms in total. The van der Waals surface area contributed by atoms with Gasteiger partial charge in [0.2, 0.25) is 11.8 Å². The number of morpholine rings is 1. The van der Waals surface area contributed by atoms with Crippen molar-refractivity contribution >= 4 is 28.3 Å². The van der Waals surface area contributed by atoms with E-state index in [-0.39, 0.29) is 24.3 Å². The zero-order chi connectivity index (χ0) is 20.9. The lowest BCUT2D eigenvalue weighted by molar-refractivity contribution is -0.141. The number of likely N-dealkylation sites (tertiary alicyclic amines) is 1. The largest absolute Gasteiger partial charge is 0.378 e. The number of nitrogens with zero attached hydrogens (tertiary/aromatic N) is 3. The second-order valence-electron chi connectivity index (χ2n) is 7.96. The Labute approximate surface area is 181 Å². The standard InChI is InChI=1S/C22H28N4O3S/c1-16-4-6-17(7-5-16)19-15-30-22(23-19)24-20(27)14-25-8-2-3-18(13-25)21(28)26-9-11-29-12-10-26/h4-7,15,18H,2-3,8-14H2,1H3,(H,23,24,27). The van der Waals surface area contributed by atoms with Gasteiger partial charge in [0.05, 0.1) is 31.4 Å². The smallest absolute Gasteiger partial charge is 0.240 e. The van der Waals surface area contributed by atoms with Gasteiger partial charge in [0.1, 0.15) is 0 Å². The highest BCUT2D eigenvalue weighted by Gasteiger charge is 2.30. The van der Waals surface area contributed by atoms with Crippen molar-refractivity contribution in [1.29, 1.82) is 0 Å². The van der Waals surface area contributed by atoms with E-state index in [9.17, 15) is 9.59 Å². The Morgan fingerprint density at radius 1 is 1.20 bits per heavy atom. The highest BCUT2D eigenvalue weighted by Crippen LogP contribution is 2.25. The van der Waals surface area contributed by atoms with Crippen LogP contribution in [0.4, 0.5) is 5.13 Å². The number of aryl methyl sites for hydroxylation is 1. The molecule has 0 bridgehead atoms. The maximum absolute atomic E-state index is 12.8. The molecule has 2 aliphatic rings. The second kappa shape index (κ2) is 9.68. The van der Waals surface area contributed by atoms with Crippen LogP contribution in [-0.2, 0) is 14.3 Å². The van der Waals surface area contributed by atoms with E-state index in [0.717, 1.165) is 30.6 Å². The molecule has 3 heterocycles. The quantitative estimate of drug-likeness (QED) is 0.793. The molecule has 0 aliphatic carbocycles. The number of ether oxygens (including phenoxy) is 1. The van der Waals surface area contributed by atoms with E-state index in [0.29, 0.717) is 38.0 Å². The van der Waals surface area contributed by atoms with E-state index in [2.05, 4.69) is 34.3 Å². The topological polar surface area (TPSA) is 74.8 Å². The number of carbonyl (C=O) groups is 2. The molecule has 1 atom stereocenters. The normalized spacial score (nSPS) is 20.2. The number of benzene rings is 1. The Bertz CT molecular complexity index is 877. The summed E-state index contributed by atoms with van der Waals surface area (Å²) in [5, 5.41) is 5.47. The fourth-order valence-corrected chi connectivity index (χ4v) is 4.73. The summed E-state index contributed by atoms with van der Waals surface area (Å²) < 4.78 is 5.34.